The van der Waals surface area contributed by atoms with Gasteiger partial charge in [-0.15, -0.1) is 0 Å². The molecule has 2 aromatic rings. The predicted molar refractivity (Wildman–Crippen MR) is 45.1 cm³/mol. The van der Waals surface area contributed by atoms with Gasteiger partial charge >= 0.3 is 0 Å². The summed E-state index contributed by atoms with van der Waals surface area (Å²) in [7, 11) is 0. The average Bonchev–Trinajstić information content (AvgIpc) is 2.33. The summed E-state index contributed by atoms with van der Waals surface area (Å²) in [6.45, 7) is 0. The van der Waals surface area contributed by atoms with Gasteiger partial charge in [-0.05, 0) is 0 Å². The van der Waals surface area contributed by atoms with E-state index < -0.39 is 16.3 Å². The van der Waals surface area contributed by atoms with E-state index in [0.717, 1.165) is 0 Å². The Hall–Kier alpha value is -1.15. The van der Waals surface area contributed by atoms with E-state index in [1.54, 1.807) is 12.1 Å². The predicted octanol–water partition coefficient (Wildman–Crippen LogP) is -0.207. The first kappa shape index (κ1) is 9.94. The van der Waals surface area contributed by atoms with Gasteiger partial charge < -0.3 is 0 Å². The molecule has 0 heterocycles. The van der Waals surface area contributed by atoms with Gasteiger partial charge in [-0.25, -0.2) is 0 Å². The molecule has 0 unspecified atom stereocenters. The topological polar surface area (TPSA) is 51.2 Å². The third-order valence-corrected chi connectivity index (χ3v) is 1.83. The van der Waals surface area contributed by atoms with Crippen molar-refractivity contribution in [2.24, 2.45) is 0 Å². The maximum Gasteiger partial charge on any atom is 0.273 e. The molecule has 60 valence electrons. The Labute approximate surface area is 85.5 Å². The standard InChI is InChI=1S/C9H4O3.Zn/c10-7-5-3-1-2-4-6(5)8(11)9(7)12;/h1-4H;. The van der Waals surface area contributed by atoms with Crippen molar-refractivity contribution in [3.8, 4) is 0 Å². The van der Waals surface area contributed by atoms with Crippen LogP contribution in [-0.4, -0.2) is 0 Å². The Balaban J connectivity index is 0.000000845. The second kappa shape index (κ2) is 3.31. The smallest absolute Gasteiger partial charge is 0.273 e. The van der Waals surface area contributed by atoms with E-state index in [1.165, 1.54) is 12.1 Å². The molecule has 0 radical (unpaired) electrons. The van der Waals surface area contributed by atoms with Gasteiger partial charge in [0.15, 0.2) is 0 Å². The number of hydrogen-bond acceptors (Lipinski definition) is 3. The first-order chi connectivity index (χ1) is 5.72. The summed E-state index contributed by atoms with van der Waals surface area (Å²) >= 11 is 0. The summed E-state index contributed by atoms with van der Waals surface area (Å²) in [6.07, 6.45) is 0. The SMILES string of the molecule is O=c1c(=O)c2ccccc2c1=O.[Zn]. The third kappa shape index (κ3) is 1.27. The molecular weight excluding hydrogens is 221 g/mol. The molecule has 0 saturated heterocycles. The molecular formula is C9H4O3Zn. The number of hydrogen-bond donors (Lipinski definition) is 0. The van der Waals surface area contributed by atoms with Crippen LogP contribution in [-0.2, 0) is 19.5 Å². The second-order valence-electron chi connectivity index (χ2n) is 2.53. The fourth-order valence-corrected chi connectivity index (χ4v) is 1.23. The Morgan fingerprint density at radius 1 is 0.692 bits per heavy atom. The van der Waals surface area contributed by atoms with Crippen molar-refractivity contribution in [3.05, 3.63) is 54.9 Å². The monoisotopic (exact) mass is 224 g/mol. The van der Waals surface area contributed by atoms with E-state index in [0.29, 0.717) is 0 Å². The molecule has 0 aromatic heterocycles. The number of rotatable bonds is 0. The fraction of sp³-hybridized carbons (Fsp3) is 0. The molecule has 2 aromatic carbocycles. The zero-order valence-electron chi connectivity index (χ0n) is 6.74. The molecule has 13 heavy (non-hydrogen) atoms. The molecule has 0 aliphatic carbocycles. The Kier molecular flexibility index (Phi) is 2.53. The van der Waals surface area contributed by atoms with E-state index >= 15 is 0 Å². The number of fused-ring (bicyclic) bond motifs is 1. The first-order valence-electron chi connectivity index (χ1n) is 3.44. The van der Waals surface area contributed by atoms with Crippen LogP contribution < -0.4 is 16.3 Å². The van der Waals surface area contributed by atoms with E-state index in [4.69, 9.17) is 0 Å². The van der Waals surface area contributed by atoms with Crippen molar-refractivity contribution in [2.45, 2.75) is 0 Å². The van der Waals surface area contributed by atoms with Crippen LogP contribution in [0.4, 0.5) is 0 Å². The van der Waals surface area contributed by atoms with Crippen molar-refractivity contribution in [3.63, 3.8) is 0 Å². The average molecular weight is 226 g/mol. The molecule has 0 aliphatic rings. The summed E-state index contributed by atoms with van der Waals surface area (Å²) in [5, 5.41) is 0.458. The Morgan fingerprint density at radius 3 is 1.46 bits per heavy atom. The Bertz CT molecular complexity index is 529. The van der Waals surface area contributed by atoms with E-state index in [9.17, 15) is 14.4 Å². The quantitative estimate of drug-likeness (QED) is 0.461. The zero-order valence-corrected chi connectivity index (χ0v) is 9.71. The van der Waals surface area contributed by atoms with Gasteiger partial charge in [-0.2, -0.15) is 0 Å². The van der Waals surface area contributed by atoms with Crippen molar-refractivity contribution in [1.29, 1.82) is 0 Å². The second-order valence-corrected chi connectivity index (χ2v) is 2.53. The van der Waals surface area contributed by atoms with E-state index in [2.05, 4.69) is 0 Å². The molecule has 0 fully saturated rings. The van der Waals surface area contributed by atoms with Gasteiger partial charge in [-0.1, -0.05) is 24.3 Å². The molecule has 0 N–H and O–H groups in total. The minimum absolute atomic E-state index is 0. The molecule has 0 saturated carbocycles. The molecule has 0 atom stereocenters. The van der Waals surface area contributed by atoms with Crippen molar-refractivity contribution >= 4 is 10.8 Å². The van der Waals surface area contributed by atoms with Crippen LogP contribution in [0, 0.1) is 0 Å². The zero-order chi connectivity index (χ0) is 8.72. The molecule has 0 amide bonds. The van der Waals surface area contributed by atoms with Crippen LogP contribution >= 0.6 is 0 Å². The molecule has 0 spiro atoms. The summed E-state index contributed by atoms with van der Waals surface area (Å²) in [5.41, 5.74) is -2.29. The van der Waals surface area contributed by atoms with Crippen LogP contribution in [0.1, 0.15) is 0 Å². The van der Waals surface area contributed by atoms with Gasteiger partial charge in [0.05, 0.1) is 0 Å². The Morgan fingerprint density at radius 2 is 1.08 bits per heavy atom. The summed E-state index contributed by atoms with van der Waals surface area (Å²) < 4.78 is 0. The van der Waals surface area contributed by atoms with Crippen molar-refractivity contribution in [1.82, 2.24) is 0 Å². The third-order valence-electron chi connectivity index (χ3n) is 1.83. The minimum atomic E-state index is -0.920. The molecule has 4 heteroatoms. The van der Waals surface area contributed by atoms with Gasteiger partial charge in [0, 0.05) is 30.3 Å². The van der Waals surface area contributed by atoms with Gasteiger partial charge in [0.2, 0.25) is 10.9 Å². The molecule has 3 nitrogen and oxygen atoms in total. The van der Waals surface area contributed by atoms with Gasteiger partial charge in [0.1, 0.15) is 0 Å². The van der Waals surface area contributed by atoms with Crippen LogP contribution in [0.3, 0.4) is 0 Å². The number of benzene rings is 1. The van der Waals surface area contributed by atoms with E-state index in [-0.39, 0.29) is 30.3 Å². The maximum absolute atomic E-state index is 11.0. The van der Waals surface area contributed by atoms with Crippen LogP contribution in [0.25, 0.3) is 10.8 Å². The molecule has 2 rings (SSSR count). The summed E-state index contributed by atoms with van der Waals surface area (Å²) in [5.74, 6) is 0. The van der Waals surface area contributed by atoms with Gasteiger partial charge in [0.25, 0.3) is 5.43 Å². The van der Waals surface area contributed by atoms with Crippen molar-refractivity contribution < 1.29 is 19.5 Å². The normalized spacial score (nSPS) is 9.85. The summed E-state index contributed by atoms with van der Waals surface area (Å²) in [6, 6.07) is 6.23. The van der Waals surface area contributed by atoms with Crippen LogP contribution in [0.15, 0.2) is 38.6 Å². The largest absolute Gasteiger partial charge is 0.285 e. The van der Waals surface area contributed by atoms with E-state index in [1.807, 2.05) is 0 Å². The fourth-order valence-electron chi connectivity index (χ4n) is 1.23. The molecule has 0 aliphatic heterocycles. The molecule has 0 bridgehead atoms. The first-order valence-corrected chi connectivity index (χ1v) is 3.44. The van der Waals surface area contributed by atoms with Crippen molar-refractivity contribution in [2.75, 3.05) is 0 Å². The summed E-state index contributed by atoms with van der Waals surface area (Å²) in [4.78, 5) is 32.9. The maximum atomic E-state index is 11.0. The minimum Gasteiger partial charge on any atom is -0.285 e. The van der Waals surface area contributed by atoms with Crippen LogP contribution in [0.5, 0.6) is 0 Å². The van der Waals surface area contributed by atoms with Gasteiger partial charge in [-0.3, -0.25) is 14.4 Å². The van der Waals surface area contributed by atoms with Crippen LogP contribution in [0.2, 0.25) is 0 Å².